The van der Waals surface area contributed by atoms with Crippen molar-refractivity contribution in [1.82, 2.24) is 4.98 Å². The van der Waals surface area contributed by atoms with Crippen molar-refractivity contribution in [3.63, 3.8) is 0 Å². The third-order valence-electron chi connectivity index (χ3n) is 2.25. The standard InChI is InChI=1S/C14H12N2O2/c1-2-17-12-4-3-5-13(8-12)18-14-10-16-7-6-11(14)9-15/h3-8,10H,2H2,1H3. The zero-order valence-electron chi connectivity index (χ0n) is 9.96. The van der Waals surface area contributed by atoms with Crippen LogP contribution in [0.15, 0.2) is 42.7 Å². The lowest BCUT2D eigenvalue weighted by Crippen LogP contribution is -1.93. The number of nitrogens with zero attached hydrogens (tertiary/aromatic N) is 2. The van der Waals surface area contributed by atoms with E-state index in [9.17, 15) is 0 Å². The van der Waals surface area contributed by atoms with Crippen LogP contribution in [-0.2, 0) is 0 Å². The topological polar surface area (TPSA) is 55.1 Å². The molecule has 4 nitrogen and oxygen atoms in total. The summed E-state index contributed by atoms with van der Waals surface area (Å²) in [5.41, 5.74) is 0.451. The van der Waals surface area contributed by atoms with Gasteiger partial charge in [-0.05, 0) is 25.1 Å². The van der Waals surface area contributed by atoms with Crippen LogP contribution in [-0.4, -0.2) is 11.6 Å². The van der Waals surface area contributed by atoms with Crippen LogP contribution < -0.4 is 9.47 Å². The van der Waals surface area contributed by atoms with Crippen LogP contribution in [0.2, 0.25) is 0 Å². The zero-order chi connectivity index (χ0) is 12.8. The quantitative estimate of drug-likeness (QED) is 0.823. The van der Waals surface area contributed by atoms with E-state index < -0.39 is 0 Å². The minimum Gasteiger partial charge on any atom is -0.494 e. The zero-order valence-corrected chi connectivity index (χ0v) is 9.96. The first-order valence-corrected chi connectivity index (χ1v) is 5.58. The Balaban J connectivity index is 2.23. The third-order valence-corrected chi connectivity index (χ3v) is 2.25. The van der Waals surface area contributed by atoms with Gasteiger partial charge in [0.05, 0.1) is 18.4 Å². The van der Waals surface area contributed by atoms with Gasteiger partial charge in [-0.15, -0.1) is 0 Å². The summed E-state index contributed by atoms with van der Waals surface area (Å²) in [4.78, 5) is 3.94. The van der Waals surface area contributed by atoms with E-state index in [0.29, 0.717) is 23.7 Å². The molecule has 0 aliphatic carbocycles. The van der Waals surface area contributed by atoms with Gasteiger partial charge in [-0.3, -0.25) is 4.98 Å². The molecule has 0 unspecified atom stereocenters. The molecule has 4 heteroatoms. The number of hydrogen-bond donors (Lipinski definition) is 0. The normalized spacial score (nSPS) is 9.56. The Bertz CT molecular complexity index is 576. The fourth-order valence-corrected chi connectivity index (χ4v) is 1.47. The first kappa shape index (κ1) is 11.9. The first-order chi connectivity index (χ1) is 8.83. The summed E-state index contributed by atoms with van der Waals surface area (Å²) < 4.78 is 11.0. The van der Waals surface area contributed by atoms with Crippen LogP contribution in [0.5, 0.6) is 17.2 Å². The van der Waals surface area contributed by atoms with E-state index in [0.717, 1.165) is 5.75 Å². The molecule has 0 spiro atoms. The molecule has 90 valence electrons. The predicted molar refractivity (Wildman–Crippen MR) is 66.6 cm³/mol. The molecule has 2 rings (SSSR count). The van der Waals surface area contributed by atoms with Gasteiger partial charge in [-0.25, -0.2) is 0 Å². The lowest BCUT2D eigenvalue weighted by atomic mass is 10.2. The van der Waals surface area contributed by atoms with Crippen LogP contribution in [0, 0.1) is 11.3 Å². The maximum absolute atomic E-state index is 8.95. The average Bonchev–Trinajstić information content (AvgIpc) is 2.40. The minimum absolute atomic E-state index is 0.439. The molecule has 0 radical (unpaired) electrons. The lowest BCUT2D eigenvalue weighted by molar-refractivity contribution is 0.338. The maximum Gasteiger partial charge on any atom is 0.163 e. The number of nitriles is 1. The van der Waals surface area contributed by atoms with Crippen LogP contribution in [0.1, 0.15) is 12.5 Å². The van der Waals surface area contributed by atoms with Gasteiger partial charge in [-0.2, -0.15) is 5.26 Å². The number of rotatable bonds is 4. The molecule has 0 fully saturated rings. The molecule has 0 aliphatic rings. The summed E-state index contributed by atoms with van der Waals surface area (Å²) in [5, 5.41) is 8.95. The van der Waals surface area contributed by atoms with Gasteiger partial charge >= 0.3 is 0 Å². The SMILES string of the molecule is CCOc1cccc(Oc2cnccc2C#N)c1. The van der Waals surface area contributed by atoms with Crippen molar-refractivity contribution < 1.29 is 9.47 Å². The highest BCUT2D eigenvalue weighted by Gasteiger charge is 2.05. The highest BCUT2D eigenvalue weighted by Crippen LogP contribution is 2.26. The number of benzene rings is 1. The molecule has 2 aromatic rings. The number of aromatic nitrogens is 1. The Morgan fingerprint density at radius 3 is 2.89 bits per heavy atom. The van der Waals surface area contributed by atoms with Crippen LogP contribution in [0.25, 0.3) is 0 Å². The van der Waals surface area contributed by atoms with E-state index in [1.807, 2.05) is 19.1 Å². The summed E-state index contributed by atoms with van der Waals surface area (Å²) in [6.45, 7) is 2.52. The Kier molecular flexibility index (Phi) is 3.77. The summed E-state index contributed by atoms with van der Waals surface area (Å²) in [5.74, 6) is 1.79. The molecule has 1 heterocycles. The predicted octanol–water partition coefficient (Wildman–Crippen LogP) is 3.14. The molecule has 0 atom stereocenters. The summed E-state index contributed by atoms with van der Waals surface area (Å²) in [6.07, 6.45) is 3.08. The second-order valence-electron chi connectivity index (χ2n) is 3.49. The molecule has 1 aromatic carbocycles. The first-order valence-electron chi connectivity index (χ1n) is 5.58. The number of pyridine rings is 1. The van der Waals surface area contributed by atoms with Gasteiger partial charge in [0.25, 0.3) is 0 Å². The summed E-state index contributed by atoms with van der Waals surface area (Å²) >= 11 is 0. The second kappa shape index (κ2) is 5.69. The monoisotopic (exact) mass is 240 g/mol. The Labute approximate surface area is 105 Å². The van der Waals surface area contributed by atoms with Crippen molar-refractivity contribution in [1.29, 1.82) is 5.26 Å². The molecule has 0 saturated heterocycles. The summed E-state index contributed by atoms with van der Waals surface area (Å²) in [6, 6.07) is 10.9. The highest BCUT2D eigenvalue weighted by atomic mass is 16.5. The molecule has 0 N–H and O–H groups in total. The van der Waals surface area contributed by atoms with Crippen LogP contribution in [0.4, 0.5) is 0 Å². The van der Waals surface area contributed by atoms with Gasteiger partial charge in [0.2, 0.25) is 0 Å². The van der Waals surface area contributed by atoms with Crippen molar-refractivity contribution in [3.8, 4) is 23.3 Å². The molecule has 0 aliphatic heterocycles. The van der Waals surface area contributed by atoms with Crippen LogP contribution >= 0.6 is 0 Å². The second-order valence-corrected chi connectivity index (χ2v) is 3.49. The van der Waals surface area contributed by atoms with Crippen LogP contribution in [0.3, 0.4) is 0 Å². The molecular weight excluding hydrogens is 228 g/mol. The van der Waals surface area contributed by atoms with E-state index in [1.54, 1.807) is 24.4 Å². The molecule has 0 bridgehead atoms. The molecule has 0 saturated carbocycles. The van der Waals surface area contributed by atoms with E-state index in [4.69, 9.17) is 14.7 Å². The van der Waals surface area contributed by atoms with E-state index in [1.165, 1.54) is 6.20 Å². The Hall–Kier alpha value is -2.54. The molecular formula is C14H12N2O2. The van der Waals surface area contributed by atoms with Gasteiger partial charge in [0.15, 0.2) is 5.75 Å². The fourth-order valence-electron chi connectivity index (χ4n) is 1.47. The van der Waals surface area contributed by atoms with Gasteiger partial charge in [-0.1, -0.05) is 6.07 Å². The fraction of sp³-hybridized carbons (Fsp3) is 0.143. The van der Waals surface area contributed by atoms with Crippen molar-refractivity contribution in [2.24, 2.45) is 0 Å². The Morgan fingerprint density at radius 1 is 1.28 bits per heavy atom. The third kappa shape index (κ3) is 2.77. The minimum atomic E-state index is 0.439. The van der Waals surface area contributed by atoms with Crippen molar-refractivity contribution in [2.45, 2.75) is 6.92 Å². The molecule has 0 amide bonds. The maximum atomic E-state index is 8.95. The Morgan fingerprint density at radius 2 is 2.11 bits per heavy atom. The lowest BCUT2D eigenvalue weighted by Gasteiger charge is -2.08. The van der Waals surface area contributed by atoms with E-state index >= 15 is 0 Å². The number of hydrogen-bond acceptors (Lipinski definition) is 4. The van der Waals surface area contributed by atoms with E-state index in [-0.39, 0.29) is 0 Å². The van der Waals surface area contributed by atoms with E-state index in [2.05, 4.69) is 11.1 Å². The van der Waals surface area contributed by atoms with Crippen molar-refractivity contribution in [3.05, 3.63) is 48.3 Å². The molecule has 1 aromatic heterocycles. The highest BCUT2D eigenvalue weighted by molar-refractivity contribution is 5.44. The van der Waals surface area contributed by atoms with Gasteiger partial charge in [0.1, 0.15) is 17.6 Å². The van der Waals surface area contributed by atoms with Gasteiger partial charge in [0, 0.05) is 12.3 Å². The average molecular weight is 240 g/mol. The van der Waals surface area contributed by atoms with Gasteiger partial charge < -0.3 is 9.47 Å². The van der Waals surface area contributed by atoms with Crippen molar-refractivity contribution in [2.75, 3.05) is 6.61 Å². The molecule has 18 heavy (non-hydrogen) atoms. The smallest absolute Gasteiger partial charge is 0.163 e. The summed E-state index contributed by atoms with van der Waals surface area (Å²) in [7, 11) is 0. The van der Waals surface area contributed by atoms with Crippen molar-refractivity contribution >= 4 is 0 Å². The number of ether oxygens (including phenoxy) is 2. The largest absolute Gasteiger partial charge is 0.494 e.